The average Bonchev–Trinajstić information content (AvgIpc) is 2.90. The third kappa shape index (κ3) is 3.20. The molecule has 2 aliphatic heterocycles. The summed E-state index contributed by atoms with van der Waals surface area (Å²) in [6, 6.07) is 12.5. The topological polar surface area (TPSA) is 18.5 Å². The first kappa shape index (κ1) is 18.1. The number of rotatable bonds is 1. The molecule has 6 heteroatoms. The van der Waals surface area contributed by atoms with Gasteiger partial charge in [0.2, 0.25) is 0 Å². The molecule has 0 aromatic heterocycles. The van der Waals surface area contributed by atoms with Gasteiger partial charge in [-0.15, -0.1) is 0 Å². The van der Waals surface area contributed by atoms with Crippen LogP contribution in [-0.4, -0.2) is 36.2 Å². The molecule has 0 spiro atoms. The second-order valence-electron chi connectivity index (χ2n) is 7.21. The number of thiocarbonyl (C=S) groups is 1. The molecule has 4 rings (SSSR count). The largest absolute Gasteiger partial charge is 0.331 e. The van der Waals surface area contributed by atoms with Gasteiger partial charge in [0.1, 0.15) is 0 Å². The summed E-state index contributed by atoms with van der Waals surface area (Å²) in [5.74, 6) is 0.476. The fourth-order valence-electron chi connectivity index (χ4n) is 4.11. The van der Waals surface area contributed by atoms with Crippen molar-refractivity contribution in [2.45, 2.75) is 25.3 Å². The van der Waals surface area contributed by atoms with Crippen LogP contribution < -0.4 is 10.2 Å². The number of nitrogens with zero attached hydrogens (tertiary/aromatic N) is 2. The zero-order valence-corrected chi connectivity index (χ0v) is 17.1. The highest BCUT2D eigenvalue weighted by molar-refractivity contribution is 7.80. The molecule has 2 aromatic rings. The Labute approximate surface area is 169 Å². The van der Waals surface area contributed by atoms with E-state index in [0.29, 0.717) is 27.1 Å². The number of hydrogen-bond donors (Lipinski definition) is 1. The highest BCUT2D eigenvalue weighted by Crippen LogP contribution is 2.45. The minimum absolute atomic E-state index is 0.383. The van der Waals surface area contributed by atoms with Gasteiger partial charge in [0.15, 0.2) is 5.11 Å². The lowest BCUT2D eigenvalue weighted by atomic mass is 9.89. The van der Waals surface area contributed by atoms with Crippen LogP contribution in [0.4, 0.5) is 11.4 Å². The maximum absolute atomic E-state index is 6.33. The number of halogens is 2. The minimum atomic E-state index is 0.383. The summed E-state index contributed by atoms with van der Waals surface area (Å²) in [5, 5.41) is 5.21. The van der Waals surface area contributed by atoms with Gasteiger partial charge in [-0.25, -0.2) is 0 Å². The predicted molar refractivity (Wildman–Crippen MR) is 115 cm³/mol. The Morgan fingerprint density at radius 1 is 1.19 bits per heavy atom. The minimum Gasteiger partial charge on any atom is -0.331 e. The number of anilines is 2. The highest BCUT2D eigenvalue weighted by Gasteiger charge is 2.42. The number of nitrogens with one attached hydrogen (secondary N) is 1. The Balaban J connectivity index is 1.68. The van der Waals surface area contributed by atoms with E-state index >= 15 is 0 Å². The molecule has 1 saturated heterocycles. The molecule has 2 unspecified atom stereocenters. The number of likely N-dealkylation sites (tertiary alicyclic amines) is 1. The molecule has 136 valence electrons. The molecule has 0 bridgehead atoms. The van der Waals surface area contributed by atoms with Crippen LogP contribution in [0.1, 0.15) is 23.5 Å². The van der Waals surface area contributed by atoms with Crippen molar-refractivity contribution in [3.05, 3.63) is 57.6 Å². The fraction of sp³-hybridized carbons (Fsp3) is 0.350. The zero-order chi connectivity index (χ0) is 18.4. The van der Waals surface area contributed by atoms with Crippen LogP contribution in [0.15, 0.2) is 36.4 Å². The summed E-state index contributed by atoms with van der Waals surface area (Å²) >= 11 is 18.1. The lowest BCUT2D eigenvalue weighted by Gasteiger charge is -2.37. The maximum atomic E-state index is 6.33. The Morgan fingerprint density at radius 2 is 2.00 bits per heavy atom. The van der Waals surface area contributed by atoms with Crippen molar-refractivity contribution in [3.8, 4) is 0 Å². The van der Waals surface area contributed by atoms with Crippen molar-refractivity contribution in [2.75, 3.05) is 30.4 Å². The number of hydrogen-bond acceptors (Lipinski definition) is 2. The van der Waals surface area contributed by atoms with Crippen molar-refractivity contribution >= 4 is 51.9 Å². The van der Waals surface area contributed by atoms with Crippen molar-refractivity contribution < 1.29 is 0 Å². The van der Waals surface area contributed by atoms with Crippen LogP contribution in [0.25, 0.3) is 0 Å². The molecule has 2 aliphatic rings. The van der Waals surface area contributed by atoms with Gasteiger partial charge in [-0.05, 0) is 69.0 Å². The molecular formula is C20H21Cl2N3S. The molecular weight excluding hydrogens is 385 g/mol. The SMILES string of the molecule is Cc1ccc2c(c1)C1CN(C)CCC1N2C(=S)Nc1ccc(Cl)cc1Cl. The predicted octanol–water partition coefficient (Wildman–Crippen LogP) is 5.31. The van der Waals surface area contributed by atoms with Gasteiger partial charge in [-0.3, -0.25) is 0 Å². The van der Waals surface area contributed by atoms with Crippen LogP contribution in [0.5, 0.6) is 0 Å². The molecule has 26 heavy (non-hydrogen) atoms. The smallest absolute Gasteiger partial charge is 0.178 e. The van der Waals surface area contributed by atoms with Gasteiger partial charge < -0.3 is 15.1 Å². The van der Waals surface area contributed by atoms with Crippen LogP contribution in [0, 0.1) is 6.92 Å². The van der Waals surface area contributed by atoms with Gasteiger partial charge in [-0.2, -0.15) is 0 Å². The van der Waals surface area contributed by atoms with Gasteiger partial charge in [-0.1, -0.05) is 40.9 Å². The normalized spacial score (nSPS) is 22.1. The number of aryl methyl sites for hydroxylation is 1. The van der Waals surface area contributed by atoms with Crippen molar-refractivity contribution in [1.29, 1.82) is 0 Å². The van der Waals surface area contributed by atoms with Gasteiger partial charge in [0.25, 0.3) is 0 Å². The Morgan fingerprint density at radius 3 is 2.77 bits per heavy atom. The Kier molecular flexibility index (Phi) is 4.86. The third-order valence-electron chi connectivity index (χ3n) is 5.34. The zero-order valence-electron chi connectivity index (χ0n) is 14.8. The number of fused-ring (bicyclic) bond motifs is 3. The quantitative estimate of drug-likeness (QED) is 0.647. The van der Waals surface area contributed by atoms with E-state index in [2.05, 4.69) is 47.3 Å². The lowest BCUT2D eigenvalue weighted by Crippen LogP contribution is -2.48. The Bertz CT molecular complexity index is 870. The summed E-state index contributed by atoms with van der Waals surface area (Å²) in [5.41, 5.74) is 4.68. The first-order chi connectivity index (χ1) is 12.4. The molecule has 1 N–H and O–H groups in total. The number of likely N-dealkylation sites (N-methyl/N-ethyl adjacent to an activating group) is 1. The average molecular weight is 406 g/mol. The van der Waals surface area contributed by atoms with Crippen molar-refractivity contribution in [2.24, 2.45) is 0 Å². The second kappa shape index (κ2) is 7.01. The van der Waals surface area contributed by atoms with Crippen molar-refractivity contribution in [3.63, 3.8) is 0 Å². The van der Waals surface area contributed by atoms with Gasteiger partial charge in [0.05, 0.1) is 10.7 Å². The van der Waals surface area contributed by atoms with Gasteiger partial charge in [0, 0.05) is 29.2 Å². The second-order valence-corrected chi connectivity index (χ2v) is 8.44. The molecule has 2 atom stereocenters. The number of benzene rings is 2. The van der Waals surface area contributed by atoms with E-state index in [0.717, 1.165) is 25.2 Å². The van der Waals surface area contributed by atoms with E-state index in [-0.39, 0.29) is 0 Å². The van der Waals surface area contributed by atoms with E-state index in [4.69, 9.17) is 35.4 Å². The van der Waals surface area contributed by atoms with Crippen LogP contribution in [0.2, 0.25) is 10.0 Å². The maximum Gasteiger partial charge on any atom is 0.178 e. The fourth-order valence-corrected chi connectivity index (χ4v) is 4.91. The first-order valence-electron chi connectivity index (χ1n) is 8.78. The van der Waals surface area contributed by atoms with E-state index < -0.39 is 0 Å². The monoisotopic (exact) mass is 405 g/mol. The number of piperidine rings is 1. The van der Waals surface area contributed by atoms with E-state index in [1.165, 1.54) is 16.8 Å². The standard InChI is InChI=1S/C20H21Cl2N3S/c1-12-3-6-18-14(9-12)15-11-24(2)8-7-19(15)25(18)20(26)23-17-5-4-13(21)10-16(17)22/h3-6,9-10,15,19H,7-8,11H2,1-2H3,(H,23,26). The highest BCUT2D eigenvalue weighted by atomic mass is 35.5. The van der Waals surface area contributed by atoms with Crippen LogP contribution >= 0.6 is 35.4 Å². The Hall–Kier alpha value is -1.33. The van der Waals surface area contributed by atoms with Gasteiger partial charge >= 0.3 is 0 Å². The molecule has 2 aromatic carbocycles. The third-order valence-corrected chi connectivity index (χ3v) is 6.19. The van der Waals surface area contributed by atoms with Crippen LogP contribution in [0.3, 0.4) is 0 Å². The molecule has 0 radical (unpaired) electrons. The van der Waals surface area contributed by atoms with Crippen LogP contribution in [-0.2, 0) is 0 Å². The van der Waals surface area contributed by atoms with E-state index in [1.807, 2.05) is 12.1 Å². The lowest BCUT2D eigenvalue weighted by molar-refractivity contribution is 0.237. The molecule has 0 saturated carbocycles. The molecule has 0 aliphatic carbocycles. The van der Waals surface area contributed by atoms with E-state index in [9.17, 15) is 0 Å². The molecule has 1 fully saturated rings. The summed E-state index contributed by atoms with van der Waals surface area (Å²) < 4.78 is 0. The summed E-state index contributed by atoms with van der Waals surface area (Å²) in [7, 11) is 2.19. The first-order valence-corrected chi connectivity index (χ1v) is 9.95. The molecule has 2 heterocycles. The molecule has 0 amide bonds. The van der Waals surface area contributed by atoms with Crippen molar-refractivity contribution in [1.82, 2.24) is 4.90 Å². The summed E-state index contributed by atoms with van der Waals surface area (Å²) in [4.78, 5) is 4.69. The van der Waals surface area contributed by atoms with E-state index in [1.54, 1.807) is 6.07 Å². The molecule has 3 nitrogen and oxygen atoms in total. The summed E-state index contributed by atoms with van der Waals surface area (Å²) in [6.07, 6.45) is 1.09. The summed E-state index contributed by atoms with van der Waals surface area (Å²) in [6.45, 7) is 4.28.